The first-order chi connectivity index (χ1) is 16.9. The summed E-state index contributed by atoms with van der Waals surface area (Å²) in [5.74, 6) is 1.56. The lowest BCUT2D eigenvalue weighted by Crippen LogP contribution is -2.35. The second-order valence-electron chi connectivity index (χ2n) is 7.92. The fourth-order valence-electron chi connectivity index (χ4n) is 3.67. The van der Waals surface area contributed by atoms with Crippen molar-refractivity contribution in [2.45, 2.75) is 34.1 Å². The number of hydrogen-bond donors (Lipinski definition) is 1. The number of hydrazone groups is 1. The molecule has 0 unspecified atom stereocenters. The second-order valence-corrected chi connectivity index (χ2v) is 8.96. The number of nitrogens with zero attached hydrogens (tertiary/aromatic N) is 3. The van der Waals surface area contributed by atoms with Crippen LogP contribution in [0.3, 0.4) is 0 Å². The minimum Gasteiger partial charge on any atom is -0.490 e. The van der Waals surface area contributed by atoms with E-state index in [-0.39, 0.29) is 11.4 Å². The number of thioether (sulfide) groups is 1. The van der Waals surface area contributed by atoms with Crippen LogP contribution in [0.25, 0.3) is 6.08 Å². The number of rotatable bonds is 9. The van der Waals surface area contributed by atoms with Gasteiger partial charge in [-0.2, -0.15) is 15.1 Å². The summed E-state index contributed by atoms with van der Waals surface area (Å²) < 4.78 is 17.6. The largest absolute Gasteiger partial charge is 0.490 e. The van der Waals surface area contributed by atoms with Crippen molar-refractivity contribution >= 4 is 39.8 Å². The van der Waals surface area contributed by atoms with Crippen molar-refractivity contribution in [3.05, 3.63) is 58.7 Å². The van der Waals surface area contributed by atoms with Crippen LogP contribution in [-0.2, 0) is 4.79 Å². The SMILES string of the molecule is CCOc1cc(/C=C2\C(=N)N3N=C(CC)SC3=NC2=O)ccc1OCCOc1c(C)cccc1C. The van der Waals surface area contributed by atoms with Crippen molar-refractivity contribution in [2.24, 2.45) is 10.1 Å². The molecule has 0 spiro atoms. The lowest BCUT2D eigenvalue weighted by molar-refractivity contribution is -0.114. The lowest BCUT2D eigenvalue weighted by Gasteiger charge is -2.20. The van der Waals surface area contributed by atoms with Gasteiger partial charge in [0.15, 0.2) is 17.3 Å². The quantitative estimate of drug-likeness (QED) is 0.382. The van der Waals surface area contributed by atoms with Gasteiger partial charge in [-0.15, -0.1) is 0 Å². The first-order valence-electron chi connectivity index (χ1n) is 11.5. The molecule has 0 saturated carbocycles. The highest BCUT2D eigenvalue weighted by Crippen LogP contribution is 2.32. The van der Waals surface area contributed by atoms with Crippen LogP contribution in [-0.4, -0.2) is 46.8 Å². The summed E-state index contributed by atoms with van der Waals surface area (Å²) in [6, 6.07) is 11.4. The maximum atomic E-state index is 12.6. The molecular weight excluding hydrogens is 464 g/mol. The Morgan fingerprint density at radius 2 is 1.77 bits per heavy atom. The number of fused-ring (bicyclic) bond motifs is 1. The summed E-state index contributed by atoms with van der Waals surface area (Å²) in [5, 5.41) is 15.5. The van der Waals surface area contributed by atoms with E-state index in [1.807, 2.05) is 52.0 Å². The van der Waals surface area contributed by atoms with Gasteiger partial charge >= 0.3 is 0 Å². The summed E-state index contributed by atoms with van der Waals surface area (Å²) in [6.07, 6.45) is 2.35. The Morgan fingerprint density at radius 3 is 2.49 bits per heavy atom. The van der Waals surface area contributed by atoms with Crippen LogP contribution in [0.1, 0.15) is 37.0 Å². The topological polar surface area (TPSA) is 96.6 Å². The Morgan fingerprint density at radius 1 is 1.03 bits per heavy atom. The average molecular weight is 493 g/mol. The Balaban J connectivity index is 1.47. The molecule has 4 rings (SSSR count). The van der Waals surface area contributed by atoms with E-state index in [0.29, 0.717) is 42.1 Å². The van der Waals surface area contributed by atoms with Gasteiger partial charge < -0.3 is 14.2 Å². The van der Waals surface area contributed by atoms with Gasteiger partial charge in [0.05, 0.1) is 12.2 Å². The number of para-hydroxylation sites is 1. The number of benzene rings is 2. The highest BCUT2D eigenvalue weighted by molar-refractivity contribution is 8.26. The number of amidine groups is 2. The third kappa shape index (κ3) is 5.40. The second kappa shape index (κ2) is 10.8. The van der Waals surface area contributed by atoms with Gasteiger partial charge in [0, 0.05) is 0 Å². The monoisotopic (exact) mass is 492 g/mol. The summed E-state index contributed by atoms with van der Waals surface area (Å²) in [7, 11) is 0. The van der Waals surface area contributed by atoms with E-state index in [1.165, 1.54) is 16.8 Å². The van der Waals surface area contributed by atoms with Gasteiger partial charge in [-0.3, -0.25) is 10.2 Å². The highest BCUT2D eigenvalue weighted by Gasteiger charge is 2.35. The molecule has 2 heterocycles. The van der Waals surface area contributed by atoms with E-state index >= 15 is 0 Å². The van der Waals surface area contributed by atoms with Gasteiger partial charge in [0.1, 0.15) is 24.0 Å². The van der Waals surface area contributed by atoms with Crippen LogP contribution in [0.15, 0.2) is 52.1 Å². The zero-order valence-electron chi connectivity index (χ0n) is 20.3. The van der Waals surface area contributed by atoms with Crippen molar-refractivity contribution in [3.8, 4) is 17.2 Å². The van der Waals surface area contributed by atoms with Gasteiger partial charge in [-0.05, 0) is 73.9 Å². The third-order valence-corrected chi connectivity index (χ3v) is 6.43. The summed E-state index contributed by atoms with van der Waals surface area (Å²) in [6.45, 7) is 9.10. The molecule has 0 saturated heterocycles. The molecule has 0 fully saturated rings. The van der Waals surface area contributed by atoms with Crippen molar-refractivity contribution in [3.63, 3.8) is 0 Å². The maximum Gasteiger partial charge on any atom is 0.283 e. The first kappa shape index (κ1) is 24.5. The fraction of sp³-hybridized carbons (Fsp3) is 0.308. The number of ether oxygens (including phenoxy) is 3. The molecule has 2 aliphatic rings. The molecular formula is C26H28N4O4S. The zero-order chi connectivity index (χ0) is 24.9. The number of nitrogens with one attached hydrogen (secondary N) is 1. The van der Waals surface area contributed by atoms with E-state index in [9.17, 15) is 4.79 Å². The van der Waals surface area contributed by atoms with E-state index in [0.717, 1.165) is 28.3 Å². The Bertz CT molecular complexity index is 1230. The molecule has 35 heavy (non-hydrogen) atoms. The van der Waals surface area contributed by atoms with Gasteiger partial charge in [-0.25, -0.2) is 0 Å². The molecule has 9 heteroatoms. The molecule has 1 N–H and O–H groups in total. The van der Waals surface area contributed by atoms with E-state index in [1.54, 1.807) is 18.2 Å². The van der Waals surface area contributed by atoms with Gasteiger partial charge in [0.2, 0.25) is 5.17 Å². The zero-order valence-corrected chi connectivity index (χ0v) is 21.1. The Hall–Kier alpha value is -3.59. The predicted molar refractivity (Wildman–Crippen MR) is 140 cm³/mol. The minimum absolute atomic E-state index is 0.0119. The number of hydrogen-bond acceptors (Lipinski definition) is 7. The standard InChI is InChI=1S/C26H28N4O4S/c1-5-22-29-30-24(27)19(25(31)28-26(30)35-22)14-18-10-11-20(21(15-18)32-6-2)33-12-13-34-23-16(3)8-7-9-17(23)4/h7-11,14-15,27H,5-6,12-13H2,1-4H3/b19-14+,27-24?. The molecule has 0 bridgehead atoms. The molecule has 2 aliphatic heterocycles. The van der Waals surface area contributed by atoms with E-state index in [2.05, 4.69) is 10.1 Å². The number of aryl methyl sites for hydroxylation is 2. The lowest BCUT2D eigenvalue weighted by atomic mass is 10.1. The summed E-state index contributed by atoms with van der Waals surface area (Å²) in [4.78, 5) is 16.7. The predicted octanol–water partition coefficient (Wildman–Crippen LogP) is 5.19. The number of amides is 1. The third-order valence-electron chi connectivity index (χ3n) is 5.37. The molecule has 0 atom stereocenters. The fourth-order valence-corrected chi connectivity index (χ4v) is 4.49. The average Bonchev–Trinajstić information content (AvgIpc) is 3.25. The highest BCUT2D eigenvalue weighted by atomic mass is 32.2. The maximum absolute atomic E-state index is 12.6. The normalized spacial score (nSPS) is 16.2. The number of carbonyl (C=O) groups is 1. The van der Waals surface area contributed by atoms with E-state index < -0.39 is 5.91 Å². The van der Waals surface area contributed by atoms with Crippen LogP contribution in [0.2, 0.25) is 0 Å². The van der Waals surface area contributed by atoms with Gasteiger partial charge in [-0.1, -0.05) is 31.2 Å². The van der Waals surface area contributed by atoms with Crippen LogP contribution in [0, 0.1) is 19.3 Å². The van der Waals surface area contributed by atoms with Crippen molar-refractivity contribution in [2.75, 3.05) is 19.8 Å². The van der Waals surface area contributed by atoms with Crippen molar-refractivity contribution in [1.29, 1.82) is 5.41 Å². The van der Waals surface area contributed by atoms with Crippen LogP contribution >= 0.6 is 11.8 Å². The molecule has 0 aromatic heterocycles. The summed E-state index contributed by atoms with van der Waals surface area (Å²) in [5.41, 5.74) is 3.04. The molecule has 2 aromatic carbocycles. The van der Waals surface area contributed by atoms with Crippen molar-refractivity contribution in [1.82, 2.24) is 5.01 Å². The molecule has 8 nitrogen and oxygen atoms in total. The molecule has 0 aliphatic carbocycles. The summed E-state index contributed by atoms with van der Waals surface area (Å²) >= 11 is 1.32. The van der Waals surface area contributed by atoms with E-state index in [4.69, 9.17) is 19.6 Å². The molecule has 182 valence electrons. The van der Waals surface area contributed by atoms with Gasteiger partial charge in [0.25, 0.3) is 5.91 Å². The van der Waals surface area contributed by atoms with Crippen LogP contribution in [0.5, 0.6) is 17.2 Å². The Kier molecular flexibility index (Phi) is 7.55. The molecule has 2 aromatic rings. The van der Waals surface area contributed by atoms with Crippen LogP contribution in [0.4, 0.5) is 0 Å². The number of carbonyl (C=O) groups excluding carboxylic acids is 1. The first-order valence-corrected chi connectivity index (χ1v) is 12.3. The minimum atomic E-state index is -0.455. The molecule has 0 radical (unpaired) electrons. The Labute approximate surface area is 209 Å². The van der Waals surface area contributed by atoms with Crippen molar-refractivity contribution < 1.29 is 19.0 Å². The molecule has 1 amide bonds. The number of aliphatic imine (C=N–C) groups is 1. The smallest absolute Gasteiger partial charge is 0.283 e. The van der Waals surface area contributed by atoms with Crippen LogP contribution < -0.4 is 14.2 Å².